The lowest BCUT2D eigenvalue weighted by atomic mass is 10.0. The molecule has 1 rings (SSSR count). The van der Waals surface area contributed by atoms with Crippen LogP contribution in [0.25, 0.3) is 32.0 Å². The van der Waals surface area contributed by atoms with Crippen molar-refractivity contribution < 1.29 is 0 Å². The Morgan fingerprint density at radius 3 is 2.33 bits per heavy atom. The lowest BCUT2D eigenvalue weighted by Crippen LogP contribution is -1.98. The van der Waals surface area contributed by atoms with Crippen LogP contribution in [-0.2, 0) is 6.54 Å². The van der Waals surface area contributed by atoms with Gasteiger partial charge in [-0.3, -0.25) is 9.90 Å². The van der Waals surface area contributed by atoms with Crippen LogP contribution in [0.5, 0.6) is 0 Å². The van der Waals surface area contributed by atoms with Gasteiger partial charge in [-0.15, -0.1) is 0 Å². The van der Waals surface area contributed by atoms with Crippen LogP contribution in [0.2, 0.25) is 0 Å². The Morgan fingerprint density at radius 2 is 1.89 bits per heavy atom. The molecule has 0 aliphatic carbocycles. The van der Waals surface area contributed by atoms with E-state index in [2.05, 4.69) is 21.6 Å². The highest BCUT2D eigenvalue weighted by atomic mass is 15.1. The SMILES string of the molecule is C=C(C)c1cc(CN=[N+]=[N-])c(C)nc1C.[N-]=[N+]=[N-]. The lowest BCUT2D eigenvalue weighted by molar-refractivity contribution is 0.973. The summed E-state index contributed by atoms with van der Waals surface area (Å²) in [6.07, 6.45) is 0. The van der Waals surface area contributed by atoms with Gasteiger partial charge in [-0.1, -0.05) is 11.7 Å². The molecule has 0 aliphatic rings. The molecule has 0 bridgehead atoms. The van der Waals surface area contributed by atoms with Crippen molar-refractivity contribution in [1.29, 1.82) is 0 Å². The first kappa shape index (κ1) is 15.5. The monoisotopic (exact) mass is 244 g/mol. The van der Waals surface area contributed by atoms with Gasteiger partial charge in [0.1, 0.15) is 0 Å². The third-order valence-electron chi connectivity index (χ3n) is 2.27. The average molecular weight is 244 g/mol. The molecule has 7 nitrogen and oxygen atoms in total. The molecular weight excluding hydrogens is 230 g/mol. The molecule has 0 aromatic carbocycles. The number of nitrogens with zero attached hydrogens (tertiary/aromatic N) is 7. The molecule has 0 fully saturated rings. The molecule has 18 heavy (non-hydrogen) atoms. The molecule has 1 aromatic rings. The van der Waals surface area contributed by atoms with E-state index in [0.717, 1.165) is 28.1 Å². The van der Waals surface area contributed by atoms with Crippen LogP contribution in [0.15, 0.2) is 17.8 Å². The standard InChI is InChI=1S/C11H14N4.N3/c1-7(2)11-5-10(6-13-15-12)8(3)14-9(11)4;1-3-2/h5H,1,6H2,2-4H3;/q;-1. The zero-order valence-corrected chi connectivity index (χ0v) is 10.6. The molecule has 1 aromatic heterocycles. The van der Waals surface area contributed by atoms with Gasteiger partial charge in [0.15, 0.2) is 0 Å². The maximum absolute atomic E-state index is 8.27. The van der Waals surface area contributed by atoms with Crippen molar-refractivity contribution in [3.8, 4) is 0 Å². The molecule has 0 N–H and O–H groups in total. The van der Waals surface area contributed by atoms with Gasteiger partial charge in [-0.05, 0) is 49.1 Å². The van der Waals surface area contributed by atoms with Crippen LogP contribution in [0.1, 0.15) is 29.4 Å². The molecule has 0 saturated carbocycles. The first-order valence-corrected chi connectivity index (χ1v) is 5.10. The van der Waals surface area contributed by atoms with Crippen molar-refractivity contribution in [3.63, 3.8) is 0 Å². The Bertz CT molecular complexity index is 520. The molecule has 0 aliphatic heterocycles. The van der Waals surface area contributed by atoms with Gasteiger partial charge in [0.2, 0.25) is 0 Å². The Morgan fingerprint density at radius 1 is 1.33 bits per heavy atom. The van der Waals surface area contributed by atoms with Crippen LogP contribution < -0.4 is 0 Å². The smallest absolute Gasteiger partial charge is 0.0528 e. The first-order valence-electron chi connectivity index (χ1n) is 5.10. The highest BCUT2D eigenvalue weighted by molar-refractivity contribution is 5.64. The van der Waals surface area contributed by atoms with E-state index in [-0.39, 0.29) is 0 Å². The van der Waals surface area contributed by atoms with E-state index < -0.39 is 0 Å². The summed E-state index contributed by atoms with van der Waals surface area (Å²) in [5, 5.41) is 3.54. The van der Waals surface area contributed by atoms with E-state index in [0.29, 0.717) is 6.54 Å². The molecule has 7 heteroatoms. The Balaban J connectivity index is 0.000000873. The van der Waals surface area contributed by atoms with Gasteiger partial charge in [0.05, 0.1) is 6.54 Å². The summed E-state index contributed by atoms with van der Waals surface area (Å²) >= 11 is 0. The molecule has 94 valence electrons. The molecule has 0 saturated heterocycles. The Hall–Kier alpha value is -2.49. The van der Waals surface area contributed by atoms with Crippen molar-refractivity contribution >= 4 is 5.57 Å². The highest BCUT2D eigenvalue weighted by Gasteiger charge is 2.05. The quantitative estimate of drug-likeness (QED) is 0.436. The predicted molar refractivity (Wildman–Crippen MR) is 71.3 cm³/mol. The minimum absolute atomic E-state index is 0.343. The van der Waals surface area contributed by atoms with Gasteiger partial charge >= 0.3 is 0 Å². The second-order valence-corrected chi connectivity index (χ2v) is 3.62. The van der Waals surface area contributed by atoms with Crippen molar-refractivity contribution in [2.24, 2.45) is 5.11 Å². The topological polar surface area (TPSA) is 120 Å². The number of aryl methyl sites for hydroxylation is 2. The molecule has 0 unspecified atom stereocenters. The van der Waals surface area contributed by atoms with Crippen LogP contribution in [0.4, 0.5) is 0 Å². The average Bonchev–Trinajstić information content (AvgIpc) is 2.28. The van der Waals surface area contributed by atoms with Crippen LogP contribution >= 0.6 is 0 Å². The van der Waals surface area contributed by atoms with Gasteiger partial charge in [0.25, 0.3) is 0 Å². The first-order chi connectivity index (χ1) is 8.47. The van der Waals surface area contributed by atoms with E-state index >= 15 is 0 Å². The second kappa shape index (κ2) is 7.73. The Kier molecular flexibility index (Phi) is 6.66. The van der Waals surface area contributed by atoms with Gasteiger partial charge in [-0.2, -0.15) is 0 Å². The molecule has 0 amide bonds. The number of aromatic nitrogens is 1. The van der Waals surface area contributed by atoms with Crippen molar-refractivity contribution in [2.75, 3.05) is 0 Å². The van der Waals surface area contributed by atoms with Crippen LogP contribution in [0.3, 0.4) is 0 Å². The van der Waals surface area contributed by atoms with Crippen molar-refractivity contribution in [1.82, 2.24) is 4.98 Å². The predicted octanol–water partition coefficient (Wildman–Crippen LogP) is 4.41. The fourth-order valence-electron chi connectivity index (χ4n) is 1.47. The number of hydrogen-bond donors (Lipinski definition) is 0. The van der Waals surface area contributed by atoms with E-state index in [4.69, 9.17) is 16.6 Å². The molecule has 0 atom stereocenters. The van der Waals surface area contributed by atoms with E-state index in [9.17, 15) is 0 Å². The lowest BCUT2D eigenvalue weighted by Gasteiger charge is -2.09. The highest BCUT2D eigenvalue weighted by Crippen LogP contribution is 2.19. The van der Waals surface area contributed by atoms with E-state index in [1.807, 2.05) is 26.8 Å². The summed E-state index contributed by atoms with van der Waals surface area (Å²) in [5.74, 6) is 0. The summed E-state index contributed by atoms with van der Waals surface area (Å²) in [6, 6.07) is 1.99. The maximum Gasteiger partial charge on any atom is 0.0528 e. The number of pyridine rings is 1. The van der Waals surface area contributed by atoms with E-state index in [1.165, 1.54) is 4.91 Å². The summed E-state index contributed by atoms with van der Waals surface area (Å²) in [4.78, 5) is 8.65. The summed E-state index contributed by atoms with van der Waals surface area (Å²) in [7, 11) is 0. The summed E-state index contributed by atoms with van der Waals surface area (Å²) < 4.78 is 0. The van der Waals surface area contributed by atoms with Crippen molar-refractivity contribution in [2.45, 2.75) is 27.3 Å². The molecule has 1 heterocycles. The number of hydrogen-bond acceptors (Lipinski definition) is 2. The number of rotatable bonds is 3. The zero-order chi connectivity index (χ0) is 14.1. The largest absolute Gasteiger partial charge is 0.373 e. The second-order valence-electron chi connectivity index (χ2n) is 3.62. The summed E-state index contributed by atoms with van der Waals surface area (Å²) in [6.45, 7) is 10.0. The fourth-order valence-corrected chi connectivity index (χ4v) is 1.47. The molecule has 0 spiro atoms. The number of azide groups is 1. The molecule has 0 radical (unpaired) electrons. The zero-order valence-electron chi connectivity index (χ0n) is 10.6. The maximum atomic E-state index is 8.27. The van der Waals surface area contributed by atoms with Crippen LogP contribution in [-0.4, -0.2) is 4.98 Å². The fraction of sp³-hybridized carbons (Fsp3) is 0.364. The Labute approximate surface area is 105 Å². The van der Waals surface area contributed by atoms with E-state index in [1.54, 1.807) is 0 Å². The molecular formula is C11H14N7-. The van der Waals surface area contributed by atoms with Gasteiger partial charge in [-0.25, -0.2) is 0 Å². The van der Waals surface area contributed by atoms with Crippen molar-refractivity contribution in [3.05, 3.63) is 61.6 Å². The van der Waals surface area contributed by atoms with Gasteiger partial charge < -0.3 is 11.1 Å². The van der Waals surface area contributed by atoms with Gasteiger partial charge in [0, 0.05) is 16.3 Å². The summed E-state index contributed by atoms with van der Waals surface area (Å²) in [5.41, 5.74) is 26.6. The minimum Gasteiger partial charge on any atom is -0.373 e. The minimum atomic E-state index is 0.343. The third-order valence-corrected chi connectivity index (χ3v) is 2.27. The number of allylic oxidation sites excluding steroid dienone is 1. The normalized spacial score (nSPS) is 8.39. The van der Waals surface area contributed by atoms with Crippen LogP contribution in [0, 0.1) is 13.8 Å². The third kappa shape index (κ3) is 4.57.